The molecule has 1 heterocycles. The van der Waals surface area contributed by atoms with Crippen LogP contribution in [0.4, 0.5) is 0 Å². The molecule has 1 unspecified atom stereocenters. The molecule has 3 N–H and O–H groups in total. The van der Waals surface area contributed by atoms with Gasteiger partial charge in [0.2, 0.25) is 0 Å². The first-order valence-electron chi connectivity index (χ1n) is 8.40. The molecule has 0 aliphatic heterocycles. The number of sulfone groups is 1. The van der Waals surface area contributed by atoms with E-state index in [0.29, 0.717) is 32.0 Å². The maximum absolute atomic E-state index is 11.4. The third kappa shape index (κ3) is 8.69. The van der Waals surface area contributed by atoms with Gasteiger partial charge in [0.05, 0.1) is 12.3 Å². The molecule has 1 aromatic rings. The van der Waals surface area contributed by atoms with Crippen molar-refractivity contribution < 1.29 is 13.5 Å². The SMILES string of the molecule is CCNC(=NCC(C)(C)CCS(C)(=O)=O)NCC(C)(O)c1ccsc1. The predicted octanol–water partition coefficient (Wildman–Crippen LogP) is 1.97. The van der Waals surface area contributed by atoms with Crippen LogP contribution in [0.5, 0.6) is 0 Å². The Morgan fingerprint density at radius 3 is 2.52 bits per heavy atom. The van der Waals surface area contributed by atoms with E-state index in [0.717, 1.165) is 5.56 Å². The predicted molar refractivity (Wildman–Crippen MR) is 106 cm³/mol. The van der Waals surface area contributed by atoms with Crippen LogP contribution in [0.25, 0.3) is 0 Å². The lowest BCUT2D eigenvalue weighted by Crippen LogP contribution is -2.44. The van der Waals surface area contributed by atoms with Gasteiger partial charge in [0.15, 0.2) is 5.96 Å². The summed E-state index contributed by atoms with van der Waals surface area (Å²) >= 11 is 1.55. The van der Waals surface area contributed by atoms with Gasteiger partial charge in [-0.3, -0.25) is 4.99 Å². The second-order valence-electron chi connectivity index (χ2n) is 7.38. The van der Waals surface area contributed by atoms with Gasteiger partial charge in [0, 0.05) is 19.3 Å². The van der Waals surface area contributed by atoms with Crippen LogP contribution in [0, 0.1) is 5.41 Å². The maximum atomic E-state index is 11.4. The molecular weight excluding hydrogens is 358 g/mol. The van der Waals surface area contributed by atoms with Crippen molar-refractivity contribution in [2.75, 3.05) is 31.6 Å². The minimum atomic E-state index is -2.97. The van der Waals surface area contributed by atoms with Crippen molar-refractivity contribution in [3.63, 3.8) is 0 Å². The molecule has 0 aliphatic rings. The Kier molecular flexibility index (Phi) is 7.89. The molecule has 8 heteroatoms. The number of nitrogens with one attached hydrogen (secondary N) is 2. The molecule has 0 saturated carbocycles. The third-order valence-corrected chi connectivity index (χ3v) is 5.53. The van der Waals surface area contributed by atoms with E-state index < -0.39 is 15.4 Å². The number of aliphatic hydroxyl groups is 1. The monoisotopic (exact) mass is 389 g/mol. The van der Waals surface area contributed by atoms with Crippen molar-refractivity contribution >= 4 is 27.1 Å². The Morgan fingerprint density at radius 1 is 1.32 bits per heavy atom. The zero-order chi connectivity index (χ0) is 19.1. The largest absolute Gasteiger partial charge is 0.384 e. The average molecular weight is 390 g/mol. The number of hydrogen-bond acceptors (Lipinski definition) is 5. The van der Waals surface area contributed by atoms with E-state index in [9.17, 15) is 13.5 Å². The molecule has 0 aromatic carbocycles. The Labute approximate surface area is 155 Å². The topological polar surface area (TPSA) is 90.8 Å². The van der Waals surface area contributed by atoms with Crippen molar-refractivity contribution in [2.24, 2.45) is 10.4 Å². The molecule has 0 spiro atoms. The number of nitrogens with zero attached hydrogens (tertiary/aromatic N) is 1. The van der Waals surface area contributed by atoms with Gasteiger partial charge in [-0.15, -0.1) is 0 Å². The van der Waals surface area contributed by atoms with Gasteiger partial charge in [-0.05, 0) is 48.1 Å². The Morgan fingerprint density at radius 2 is 2.00 bits per heavy atom. The standard InChI is InChI=1S/C17H31N3O3S2/c1-6-18-15(19-12-16(2,3)8-10-25(5,22)23)20-13-17(4,21)14-7-9-24-11-14/h7,9,11,21H,6,8,10,12-13H2,1-5H3,(H2,18,19,20). The highest BCUT2D eigenvalue weighted by atomic mass is 32.2. The highest BCUT2D eigenvalue weighted by Gasteiger charge is 2.24. The summed E-state index contributed by atoms with van der Waals surface area (Å²) in [5.41, 5.74) is -0.335. The van der Waals surface area contributed by atoms with E-state index in [4.69, 9.17) is 0 Å². The molecule has 0 aliphatic carbocycles. The molecule has 0 radical (unpaired) electrons. The quantitative estimate of drug-likeness (QED) is 0.444. The molecule has 25 heavy (non-hydrogen) atoms. The summed E-state index contributed by atoms with van der Waals surface area (Å²) in [7, 11) is -2.97. The lowest BCUT2D eigenvalue weighted by Gasteiger charge is -2.26. The number of aliphatic imine (C=N–C) groups is 1. The van der Waals surface area contributed by atoms with Crippen molar-refractivity contribution in [1.82, 2.24) is 10.6 Å². The minimum absolute atomic E-state index is 0.159. The first kappa shape index (κ1) is 21.9. The minimum Gasteiger partial charge on any atom is -0.384 e. The van der Waals surface area contributed by atoms with Crippen molar-refractivity contribution in [2.45, 2.75) is 39.7 Å². The van der Waals surface area contributed by atoms with Gasteiger partial charge in [0.1, 0.15) is 15.4 Å². The molecule has 0 fully saturated rings. The van der Waals surface area contributed by atoms with Gasteiger partial charge in [0.25, 0.3) is 0 Å². The summed E-state index contributed by atoms with van der Waals surface area (Å²) in [6.07, 6.45) is 1.81. The van der Waals surface area contributed by atoms with Crippen molar-refractivity contribution in [3.8, 4) is 0 Å². The average Bonchev–Trinajstić information content (AvgIpc) is 3.03. The van der Waals surface area contributed by atoms with Crippen LogP contribution < -0.4 is 10.6 Å². The summed E-state index contributed by atoms with van der Waals surface area (Å²) in [4.78, 5) is 4.56. The first-order valence-corrected chi connectivity index (χ1v) is 11.4. The first-order chi connectivity index (χ1) is 11.5. The Balaban J connectivity index is 2.67. The second-order valence-corrected chi connectivity index (χ2v) is 10.4. The maximum Gasteiger partial charge on any atom is 0.191 e. The fourth-order valence-electron chi connectivity index (χ4n) is 2.10. The van der Waals surface area contributed by atoms with Crippen LogP contribution in [0.1, 0.15) is 39.7 Å². The number of rotatable bonds is 9. The summed E-state index contributed by atoms with van der Waals surface area (Å²) in [6.45, 7) is 9.29. The summed E-state index contributed by atoms with van der Waals surface area (Å²) in [5.74, 6) is 0.775. The molecule has 0 saturated heterocycles. The molecular formula is C17H31N3O3S2. The van der Waals surface area contributed by atoms with Crippen molar-refractivity contribution in [1.29, 1.82) is 0 Å². The highest BCUT2D eigenvalue weighted by Crippen LogP contribution is 2.23. The highest BCUT2D eigenvalue weighted by molar-refractivity contribution is 7.90. The Hall–Kier alpha value is -1.12. The van der Waals surface area contributed by atoms with E-state index in [1.807, 2.05) is 37.6 Å². The fraction of sp³-hybridized carbons (Fsp3) is 0.706. The zero-order valence-electron chi connectivity index (χ0n) is 15.8. The summed E-state index contributed by atoms with van der Waals surface area (Å²) in [6, 6.07) is 1.91. The smallest absolute Gasteiger partial charge is 0.191 e. The van der Waals surface area contributed by atoms with E-state index in [1.165, 1.54) is 6.26 Å². The number of hydrogen-bond donors (Lipinski definition) is 3. The van der Waals surface area contributed by atoms with Crippen molar-refractivity contribution in [3.05, 3.63) is 22.4 Å². The zero-order valence-corrected chi connectivity index (χ0v) is 17.4. The molecule has 1 aromatic heterocycles. The van der Waals surface area contributed by atoms with Gasteiger partial charge < -0.3 is 15.7 Å². The molecule has 144 valence electrons. The van der Waals surface area contributed by atoms with Crippen LogP contribution in [-0.4, -0.2) is 51.1 Å². The van der Waals surface area contributed by atoms with E-state index in [2.05, 4.69) is 15.6 Å². The molecule has 0 bridgehead atoms. The van der Waals surface area contributed by atoms with Gasteiger partial charge in [-0.1, -0.05) is 13.8 Å². The lowest BCUT2D eigenvalue weighted by molar-refractivity contribution is 0.0621. The molecule has 0 amide bonds. The van der Waals surface area contributed by atoms with Crippen LogP contribution >= 0.6 is 11.3 Å². The number of guanidine groups is 1. The van der Waals surface area contributed by atoms with E-state index in [1.54, 1.807) is 18.3 Å². The Bertz CT molecular complexity index is 651. The van der Waals surface area contributed by atoms with E-state index in [-0.39, 0.29) is 11.2 Å². The van der Waals surface area contributed by atoms with Crippen LogP contribution in [0.3, 0.4) is 0 Å². The van der Waals surface area contributed by atoms with E-state index >= 15 is 0 Å². The third-order valence-electron chi connectivity index (χ3n) is 3.90. The molecule has 1 rings (SSSR count). The van der Waals surface area contributed by atoms with Gasteiger partial charge >= 0.3 is 0 Å². The second kappa shape index (κ2) is 9.00. The van der Waals surface area contributed by atoms with Gasteiger partial charge in [-0.2, -0.15) is 11.3 Å². The summed E-state index contributed by atoms with van der Waals surface area (Å²) < 4.78 is 22.7. The van der Waals surface area contributed by atoms with Crippen LogP contribution in [0.15, 0.2) is 21.8 Å². The normalized spacial score (nSPS) is 15.7. The molecule has 1 atom stereocenters. The van der Waals surface area contributed by atoms with Gasteiger partial charge in [-0.25, -0.2) is 8.42 Å². The molecule has 6 nitrogen and oxygen atoms in total. The summed E-state index contributed by atoms with van der Waals surface area (Å²) in [5, 5.41) is 20.8. The lowest BCUT2D eigenvalue weighted by atomic mass is 9.90. The van der Waals surface area contributed by atoms with Crippen LogP contribution in [-0.2, 0) is 15.4 Å². The van der Waals surface area contributed by atoms with Crippen LogP contribution in [0.2, 0.25) is 0 Å². The fourth-order valence-corrected chi connectivity index (χ4v) is 3.81. The number of thiophene rings is 1.